The molecule has 92 valence electrons. The van der Waals surface area contributed by atoms with E-state index in [-0.39, 0.29) is 5.91 Å². The van der Waals surface area contributed by atoms with Crippen molar-refractivity contribution < 1.29 is 4.79 Å². The summed E-state index contributed by atoms with van der Waals surface area (Å²) in [5, 5.41) is 0. The quantitative estimate of drug-likeness (QED) is 0.792. The van der Waals surface area contributed by atoms with Crippen LogP contribution in [-0.2, 0) is 0 Å². The van der Waals surface area contributed by atoms with Gasteiger partial charge in [0.15, 0.2) is 0 Å². The highest BCUT2D eigenvalue weighted by Crippen LogP contribution is 2.19. The lowest BCUT2D eigenvalue weighted by molar-refractivity contribution is 0.0767. The second-order valence-electron chi connectivity index (χ2n) is 4.22. The fourth-order valence-electron chi connectivity index (χ4n) is 1.94. The molecule has 1 fully saturated rings. The second kappa shape index (κ2) is 5.91. The number of benzene rings is 1. The monoisotopic (exact) mass is 313 g/mol. The van der Waals surface area contributed by atoms with Crippen LogP contribution in [0.25, 0.3) is 0 Å². The molecular weight excluding hydrogens is 298 g/mol. The molecule has 0 aliphatic carbocycles. The number of nitrogens with zero attached hydrogens (tertiary/aromatic N) is 1. The number of carbonyl (C=O) groups excluding carboxylic acids is 1. The molecule has 1 aromatic rings. The van der Waals surface area contributed by atoms with E-state index in [0.29, 0.717) is 0 Å². The minimum Gasteiger partial charge on any atom is -0.338 e. The normalized spacial score (nSPS) is 16.7. The van der Waals surface area contributed by atoms with E-state index in [1.165, 1.54) is 5.75 Å². The first-order valence-corrected chi connectivity index (χ1v) is 7.76. The largest absolute Gasteiger partial charge is 0.338 e. The van der Waals surface area contributed by atoms with Crippen molar-refractivity contribution in [1.82, 2.24) is 4.90 Å². The predicted octanol–water partition coefficient (Wildman–Crippen LogP) is 3.34. The van der Waals surface area contributed by atoms with Gasteiger partial charge in [0, 0.05) is 28.9 Å². The van der Waals surface area contributed by atoms with E-state index < -0.39 is 0 Å². The van der Waals surface area contributed by atoms with Gasteiger partial charge in [-0.1, -0.05) is 22.0 Å². The van der Waals surface area contributed by atoms with E-state index in [2.05, 4.69) is 15.9 Å². The lowest BCUT2D eigenvalue weighted by Gasteiger charge is -2.21. The molecule has 2 nitrogen and oxygen atoms in total. The van der Waals surface area contributed by atoms with Crippen molar-refractivity contribution in [3.8, 4) is 0 Å². The molecule has 17 heavy (non-hydrogen) atoms. The molecule has 1 aliphatic heterocycles. The highest BCUT2D eigenvalue weighted by molar-refractivity contribution is 9.10. The zero-order valence-electron chi connectivity index (χ0n) is 9.91. The summed E-state index contributed by atoms with van der Waals surface area (Å²) >= 11 is 5.37. The van der Waals surface area contributed by atoms with E-state index in [0.717, 1.165) is 40.9 Å². The summed E-state index contributed by atoms with van der Waals surface area (Å²) in [6.45, 7) is 3.75. The van der Waals surface area contributed by atoms with Crippen LogP contribution >= 0.6 is 27.7 Å². The highest BCUT2D eigenvalue weighted by atomic mass is 79.9. The Kier molecular flexibility index (Phi) is 4.51. The predicted molar refractivity (Wildman–Crippen MR) is 76.7 cm³/mol. The van der Waals surface area contributed by atoms with Crippen LogP contribution in [0.4, 0.5) is 0 Å². The molecule has 0 bridgehead atoms. The number of thioether (sulfide) groups is 1. The van der Waals surface area contributed by atoms with Crippen LogP contribution in [0.3, 0.4) is 0 Å². The first kappa shape index (κ1) is 13.0. The van der Waals surface area contributed by atoms with Gasteiger partial charge < -0.3 is 4.90 Å². The summed E-state index contributed by atoms with van der Waals surface area (Å²) in [5.41, 5.74) is 1.88. The topological polar surface area (TPSA) is 20.3 Å². The van der Waals surface area contributed by atoms with Crippen LogP contribution in [0.5, 0.6) is 0 Å². The summed E-state index contributed by atoms with van der Waals surface area (Å²) in [4.78, 5) is 14.4. The molecule has 0 aromatic heterocycles. The maximum atomic E-state index is 12.4. The molecule has 0 unspecified atom stereocenters. The number of hydrogen-bond donors (Lipinski definition) is 0. The van der Waals surface area contributed by atoms with Crippen molar-refractivity contribution in [2.24, 2.45) is 0 Å². The molecule has 1 amide bonds. The van der Waals surface area contributed by atoms with Gasteiger partial charge in [0.1, 0.15) is 0 Å². The molecule has 0 N–H and O–H groups in total. The standard InChI is InChI=1S/C13H16BrNOS/c1-10-3-4-11(14)9-12(10)13(16)15-5-2-7-17-8-6-15/h3-4,9H,2,5-8H2,1H3. The van der Waals surface area contributed by atoms with Gasteiger partial charge in [0.05, 0.1) is 0 Å². The molecule has 0 atom stereocenters. The van der Waals surface area contributed by atoms with Gasteiger partial charge in [-0.2, -0.15) is 11.8 Å². The zero-order valence-corrected chi connectivity index (χ0v) is 12.3. The fourth-order valence-corrected chi connectivity index (χ4v) is 3.19. The molecule has 0 spiro atoms. The first-order chi connectivity index (χ1) is 8.18. The van der Waals surface area contributed by atoms with Crippen LogP contribution in [0.1, 0.15) is 22.3 Å². The number of rotatable bonds is 1. The number of halogens is 1. The third-order valence-electron chi connectivity index (χ3n) is 2.94. The SMILES string of the molecule is Cc1ccc(Br)cc1C(=O)N1CCCSCC1. The Balaban J connectivity index is 2.20. The van der Waals surface area contributed by atoms with Crippen LogP contribution < -0.4 is 0 Å². The molecule has 1 aliphatic rings. The lowest BCUT2D eigenvalue weighted by atomic mass is 10.1. The number of carbonyl (C=O) groups is 1. The molecule has 1 heterocycles. The molecule has 4 heteroatoms. The Hall–Kier alpha value is -0.480. The summed E-state index contributed by atoms with van der Waals surface area (Å²) in [5.74, 6) is 2.39. The highest BCUT2D eigenvalue weighted by Gasteiger charge is 2.18. The summed E-state index contributed by atoms with van der Waals surface area (Å²) < 4.78 is 0.968. The van der Waals surface area contributed by atoms with Gasteiger partial charge in [-0.05, 0) is 36.8 Å². The minimum absolute atomic E-state index is 0.173. The van der Waals surface area contributed by atoms with Crippen LogP contribution in [0.15, 0.2) is 22.7 Å². The summed E-state index contributed by atoms with van der Waals surface area (Å²) in [6, 6.07) is 5.89. The molecule has 1 saturated heterocycles. The van der Waals surface area contributed by atoms with Crippen LogP contribution in [-0.4, -0.2) is 35.4 Å². The summed E-state index contributed by atoms with van der Waals surface area (Å²) in [7, 11) is 0. The number of amides is 1. The van der Waals surface area contributed by atoms with E-state index >= 15 is 0 Å². The fraction of sp³-hybridized carbons (Fsp3) is 0.462. The molecule has 0 saturated carbocycles. The van der Waals surface area contributed by atoms with Gasteiger partial charge in [-0.25, -0.2) is 0 Å². The van der Waals surface area contributed by atoms with E-state index in [1.807, 2.05) is 41.8 Å². The van der Waals surface area contributed by atoms with Crippen LogP contribution in [0.2, 0.25) is 0 Å². The minimum atomic E-state index is 0.173. The van der Waals surface area contributed by atoms with Gasteiger partial charge in [0.25, 0.3) is 5.91 Å². The first-order valence-electron chi connectivity index (χ1n) is 5.81. The number of aryl methyl sites for hydroxylation is 1. The van der Waals surface area contributed by atoms with Crippen molar-refractivity contribution in [2.45, 2.75) is 13.3 Å². The van der Waals surface area contributed by atoms with Crippen molar-refractivity contribution in [2.75, 3.05) is 24.6 Å². The third-order valence-corrected chi connectivity index (χ3v) is 4.48. The molecule has 2 rings (SSSR count). The van der Waals surface area contributed by atoms with Crippen molar-refractivity contribution in [3.05, 3.63) is 33.8 Å². The van der Waals surface area contributed by atoms with Gasteiger partial charge in [0.2, 0.25) is 0 Å². The molecule has 1 aromatic carbocycles. The van der Waals surface area contributed by atoms with Crippen molar-refractivity contribution >= 4 is 33.6 Å². The average Bonchev–Trinajstić information content (AvgIpc) is 2.60. The van der Waals surface area contributed by atoms with E-state index in [9.17, 15) is 4.79 Å². The third kappa shape index (κ3) is 3.26. The molecular formula is C13H16BrNOS. The van der Waals surface area contributed by atoms with Gasteiger partial charge in [-0.3, -0.25) is 4.79 Å². The Morgan fingerprint density at radius 1 is 1.35 bits per heavy atom. The van der Waals surface area contributed by atoms with Crippen molar-refractivity contribution in [3.63, 3.8) is 0 Å². The van der Waals surface area contributed by atoms with E-state index in [1.54, 1.807) is 0 Å². The molecule has 0 radical (unpaired) electrons. The van der Waals surface area contributed by atoms with Crippen LogP contribution in [0, 0.1) is 6.92 Å². The number of hydrogen-bond acceptors (Lipinski definition) is 2. The zero-order chi connectivity index (χ0) is 12.3. The Labute approximate surface area is 115 Å². The smallest absolute Gasteiger partial charge is 0.254 e. The maximum Gasteiger partial charge on any atom is 0.254 e. The van der Waals surface area contributed by atoms with Crippen molar-refractivity contribution in [1.29, 1.82) is 0 Å². The average molecular weight is 314 g/mol. The van der Waals surface area contributed by atoms with Gasteiger partial charge in [-0.15, -0.1) is 0 Å². The van der Waals surface area contributed by atoms with E-state index in [4.69, 9.17) is 0 Å². The second-order valence-corrected chi connectivity index (χ2v) is 6.36. The van der Waals surface area contributed by atoms with Gasteiger partial charge >= 0.3 is 0 Å². The Morgan fingerprint density at radius 2 is 2.18 bits per heavy atom. The Morgan fingerprint density at radius 3 is 3.00 bits per heavy atom. The summed E-state index contributed by atoms with van der Waals surface area (Å²) in [6.07, 6.45) is 1.10. The Bertz CT molecular complexity index is 414. The maximum absolute atomic E-state index is 12.4. The lowest BCUT2D eigenvalue weighted by Crippen LogP contribution is -2.33.